The lowest BCUT2D eigenvalue weighted by molar-refractivity contribution is -0.118. The highest BCUT2D eigenvalue weighted by molar-refractivity contribution is 5.73. The topological polar surface area (TPSA) is 72.9 Å². The highest BCUT2D eigenvalue weighted by Crippen LogP contribution is 2.05. The van der Waals surface area contributed by atoms with E-state index in [0.717, 1.165) is 12.2 Å². The number of hydrogen-bond acceptors (Lipinski definition) is 3. The molecular formula is C11H20N4O. The lowest BCUT2D eigenvalue weighted by Gasteiger charge is -2.20. The number of imidazole rings is 1. The van der Waals surface area contributed by atoms with Gasteiger partial charge in [-0.15, -0.1) is 0 Å². The van der Waals surface area contributed by atoms with E-state index in [4.69, 9.17) is 5.73 Å². The van der Waals surface area contributed by atoms with Gasteiger partial charge in [0.1, 0.15) is 0 Å². The van der Waals surface area contributed by atoms with E-state index in [2.05, 4.69) is 31.1 Å². The molecule has 1 heterocycles. The van der Waals surface area contributed by atoms with Crippen molar-refractivity contribution in [1.29, 1.82) is 0 Å². The summed E-state index contributed by atoms with van der Waals surface area (Å²) in [7, 11) is 0. The molecule has 5 nitrogen and oxygen atoms in total. The average molecular weight is 224 g/mol. The molecule has 0 aliphatic carbocycles. The zero-order valence-corrected chi connectivity index (χ0v) is 10.2. The molecule has 1 amide bonds. The number of nitrogens with two attached hydrogens (primary N) is 1. The largest absolute Gasteiger partial charge is 0.370 e. The molecule has 0 aromatic carbocycles. The van der Waals surface area contributed by atoms with Crippen molar-refractivity contribution in [2.24, 2.45) is 5.73 Å². The molecule has 0 spiro atoms. The van der Waals surface area contributed by atoms with Crippen LogP contribution in [0, 0.1) is 0 Å². The fourth-order valence-electron chi connectivity index (χ4n) is 1.28. The number of carbonyl (C=O) groups excluding carboxylic acids is 1. The fraction of sp³-hybridized carbons (Fsp3) is 0.636. The van der Waals surface area contributed by atoms with Gasteiger partial charge in [-0.3, -0.25) is 4.79 Å². The maximum absolute atomic E-state index is 10.7. The molecule has 0 aliphatic rings. The zero-order chi connectivity index (χ0) is 12.2. The number of nitrogens with one attached hydrogen (secondary N) is 1. The van der Waals surface area contributed by atoms with Gasteiger partial charge >= 0.3 is 0 Å². The second-order valence-corrected chi connectivity index (χ2v) is 4.90. The van der Waals surface area contributed by atoms with Gasteiger partial charge in [-0.2, -0.15) is 0 Å². The normalized spacial score (nSPS) is 11.7. The SMILES string of the molecule is CC(C)(C)NCc1cncn1CCC(N)=O. The predicted octanol–water partition coefficient (Wildman–Crippen LogP) is 0.647. The molecule has 1 aromatic rings. The Kier molecular flexibility index (Phi) is 4.06. The van der Waals surface area contributed by atoms with Gasteiger partial charge in [0.15, 0.2) is 0 Å². The number of hydrogen-bond donors (Lipinski definition) is 2. The van der Waals surface area contributed by atoms with Gasteiger partial charge in [-0.25, -0.2) is 4.98 Å². The molecule has 0 saturated heterocycles. The van der Waals surface area contributed by atoms with E-state index in [1.54, 1.807) is 12.5 Å². The third-order valence-electron chi connectivity index (χ3n) is 2.20. The Bertz CT molecular complexity index is 351. The standard InChI is InChI=1S/C11H20N4O/c1-11(2,3)14-7-9-6-13-8-15(9)5-4-10(12)16/h6,8,14H,4-5,7H2,1-3H3,(H2,12,16). The van der Waals surface area contributed by atoms with Crippen LogP contribution in [-0.2, 0) is 17.9 Å². The van der Waals surface area contributed by atoms with E-state index in [1.807, 2.05) is 4.57 Å². The van der Waals surface area contributed by atoms with Crippen LogP contribution in [0.1, 0.15) is 32.9 Å². The first-order valence-electron chi connectivity index (χ1n) is 5.41. The summed E-state index contributed by atoms with van der Waals surface area (Å²) in [6.07, 6.45) is 3.88. The van der Waals surface area contributed by atoms with Crippen LogP contribution in [0.25, 0.3) is 0 Å². The van der Waals surface area contributed by atoms with Gasteiger partial charge in [0.2, 0.25) is 5.91 Å². The van der Waals surface area contributed by atoms with E-state index in [-0.39, 0.29) is 11.4 Å². The van der Waals surface area contributed by atoms with Gasteiger partial charge in [-0.05, 0) is 20.8 Å². The van der Waals surface area contributed by atoms with Crippen LogP contribution in [0.5, 0.6) is 0 Å². The Morgan fingerprint density at radius 2 is 2.25 bits per heavy atom. The molecule has 0 aliphatic heterocycles. The summed E-state index contributed by atoms with van der Waals surface area (Å²) in [5.41, 5.74) is 6.25. The maximum Gasteiger partial charge on any atom is 0.219 e. The summed E-state index contributed by atoms with van der Waals surface area (Å²) >= 11 is 0. The Morgan fingerprint density at radius 3 is 2.81 bits per heavy atom. The highest BCUT2D eigenvalue weighted by Gasteiger charge is 2.10. The van der Waals surface area contributed by atoms with E-state index in [0.29, 0.717) is 13.0 Å². The van der Waals surface area contributed by atoms with Crippen molar-refractivity contribution in [3.8, 4) is 0 Å². The van der Waals surface area contributed by atoms with Gasteiger partial charge in [0.25, 0.3) is 0 Å². The minimum absolute atomic E-state index is 0.0682. The van der Waals surface area contributed by atoms with Crippen LogP contribution < -0.4 is 11.1 Å². The third kappa shape index (κ3) is 4.44. The molecule has 0 atom stereocenters. The molecule has 0 fully saturated rings. The molecular weight excluding hydrogens is 204 g/mol. The van der Waals surface area contributed by atoms with Gasteiger partial charge in [0.05, 0.1) is 12.0 Å². The smallest absolute Gasteiger partial charge is 0.219 e. The first kappa shape index (κ1) is 12.7. The summed E-state index contributed by atoms with van der Waals surface area (Å²) in [4.78, 5) is 14.8. The van der Waals surface area contributed by atoms with Crippen molar-refractivity contribution in [2.45, 2.75) is 45.8 Å². The zero-order valence-electron chi connectivity index (χ0n) is 10.2. The molecule has 0 radical (unpaired) electrons. The van der Waals surface area contributed by atoms with Crippen LogP contribution in [-0.4, -0.2) is 21.0 Å². The van der Waals surface area contributed by atoms with Crippen molar-refractivity contribution < 1.29 is 4.79 Å². The number of carbonyl (C=O) groups is 1. The van der Waals surface area contributed by atoms with Crippen molar-refractivity contribution in [3.05, 3.63) is 18.2 Å². The molecule has 1 rings (SSSR count). The third-order valence-corrected chi connectivity index (χ3v) is 2.20. The maximum atomic E-state index is 10.7. The monoisotopic (exact) mass is 224 g/mol. The average Bonchev–Trinajstić information content (AvgIpc) is 2.57. The van der Waals surface area contributed by atoms with Gasteiger partial charge in [0, 0.05) is 31.2 Å². The van der Waals surface area contributed by atoms with E-state index in [1.165, 1.54) is 0 Å². The number of amides is 1. The molecule has 1 aromatic heterocycles. The molecule has 16 heavy (non-hydrogen) atoms. The van der Waals surface area contributed by atoms with Crippen LogP contribution >= 0.6 is 0 Å². The summed E-state index contributed by atoms with van der Waals surface area (Å²) in [6, 6.07) is 0. The molecule has 90 valence electrons. The number of nitrogens with zero attached hydrogens (tertiary/aromatic N) is 2. The van der Waals surface area contributed by atoms with Gasteiger partial charge < -0.3 is 15.6 Å². The first-order chi connectivity index (χ1) is 7.38. The lowest BCUT2D eigenvalue weighted by Crippen LogP contribution is -2.35. The molecule has 3 N–H and O–H groups in total. The van der Waals surface area contributed by atoms with Crippen molar-refractivity contribution in [2.75, 3.05) is 0 Å². The van der Waals surface area contributed by atoms with E-state index in [9.17, 15) is 4.79 Å². The van der Waals surface area contributed by atoms with Crippen LogP contribution in [0.2, 0.25) is 0 Å². The minimum Gasteiger partial charge on any atom is -0.370 e. The number of aryl methyl sites for hydroxylation is 1. The van der Waals surface area contributed by atoms with Gasteiger partial charge in [-0.1, -0.05) is 0 Å². The Balaban J connectivity index is 2.53. The van der Waals surface area contributed by atoms with E-state index < -0.39 is 0 Å². The Labute approximate surface area is 96.0 Å². The highest BCUT2D eigenvalue weighted by atomic mass is 16.1. The Morgan fingerprint density at radius 1 is 1.56 bits per heavy atom. The van der Waals surface area contributed by atoms with Crippen LogP contribution in [0.4, 0.5) is 0 Å². The van der Waals surface area contributed by atoms with Crippen molar-refractivity contribution in [1.82, 2.24) is 14.9 Å². The lowest BCUT2D eigenvalue weighted by atomic mass is 10.1. The second kappa shape index (κ2) is 5.12. The predicted molar refractivity (Wildman–Crippen MR) is 62.6 cm³/mol. The van der Waals surface area contributed by atoms with Crippen molar-refractivity contribution >= 4 is 5.91 Å². The van der Waals surface area contributed by atoms with Crippen LogP contribution in [0.15, 0.2) is 12.5 Å². The number of primary amides is 1. The summed E-state index contributed by atoms with van der Waals surface area (Å²) in [6.45, 7) is 7.66. The molecule has 5 heteroatoms. The summed E-state index contributed by atoms with van der Waals surface area (Å²) in [5.74, 6) is -0.288. The van der Waals surface area contributed by atoms with Crippen molar-refractivity contribution in [3.63, 3.8) is 0 Å². The fourth-order valence-corrected chi connectivity index (χ4v) is 1.28. The van der Waals surface area contributed by atoms with E-state index >= 15 is 0 Å². The second-order valence-electron chi connectivity index (χ2n) is 4.90. The number of aromatic nitrogens is 2. The summed E-state index contributed by atoms with van der Waals surface area (Å²) in [5, 5.41) is 3.38. The first-order valence-corrected chi connectivity index (χ1v) is 5.41. The molecule has 0 bridgehead atoms. The minimum atomic E-state index is -0.288. The number of rotatable bonds is 5. The Hall–Kier alpha value is -1.36. The molecule has 0 saturated carbocycles. The van der Waals surface area contributed by atoms with Crippen LogP contribution in [0.3, 0.4) is 0 Å². The summed E-state index contributed by atoms with van der Waals surface area (Å²) < 4.78 is 1.95. The molecule has 0 unspecified atom stereocenters. The quantitative estimate of drug-likeness (QED) is 0.771.